The molecule has 7 heteroatoms. The predicted molar refractivity (Wildman–Crippen MR) is 147 cm³/mol. The van der Waals surface area contributed by atoms with Crippen LogP contribution in [0.4, 0.5) is 4.39 Å². The van der Waals surface area contributed by atoms with E-state index in [0.29, 0.717) is 24.8 Å². The summed E-state index contributed by atoms with van der Waals surface area (Å²) >= 11 is 0. The molecule has 6 nitrogen and oxygen atoms in total. The van der Waals surface area contributed by atoms with E-state index in [1.807, 2.05) is 63.2 Å². The van der Waals surface area contributed by atoms with Crippen LogP contribution < -0.4 is 10.6 Å². The van der Waals surface area contributed by atoms with Gasteiger partial charge in [0.2, 0.25) is 5.91 Å². The smallest absolute Gasteiger partial charge is 0.251 e. The first kappa shape index (κ1) is 29.0. The number of carbonyl (C=O) groups is 2. The molecule has 3 rings (SSSR count). The van der Waals surface area contributed by atoms with E-state index >= 15 is 0 Å². The molecule has 202 valence electrons. The Labute approximate surface area is 223 Å². The predicted octanol–water partition coefficient (Wildman–Crippen LogP) is 4.85. The van der Waals surface area contributed by atoms with Crippen LogP contribution >= 0.6 is 0 Å². The van der Waals surface area contributed by atoms with Crippen LogP contribution in [-0.2, 0) is 11.2 Å². The zero-order chi connectivity index (χ0) is 27.7. The SMILES string of the molecule is CCC[C@@H](C[C@H](NC(=O)c1ccc(-c2ccccc2)cc1)C(=O)NC(C)(C)Cc1ccc(F)cc1)C(O)O. The fourth-order valence-electron chi connectivity index (χ4n) is 4.56. The number of rotatable bonds is 12. The molecule has 4 N–H and O–H groups in total. The maximum atomic E-state index is 13.4. The fraction of sp³-hybridized carbons (Fsp3) is 0.355. The Kier molecular flexibility index (Phi) is 10.2. The monoisotopic (exact) mass is 520 g/mol. The molecule has 0 saturated carbocycles. The summed E-state index contributed by atoms with van der Waals surface area (Å²) in [5.41, 5.74) is 2.53. The Hall–Kier alpha value is -3.55. The first-order valence-corrected chi connectivity index (χ1v) is 13.0. The highest BCUT2D eigenvalue weighted by molar-refractivity contribution is 5.98. The van der Waals surface area contributed by atoms with Crippen LogP contribution in [0.15, 0.2) is 78.9 Å². The minimum Gasteiger partial charge on any atom is -0.368 e. The molecule has 0 saturated heterocycles. The molecule has 0 unspecified atom stereocenters. The second-order valence-electron chi connectivity index (χ2n) is 10.3. The van der Waals surface area contributed by atoms with Gasteiger partial charge in [0, 0.05) is 17.0 Å². The average molecular weight is 521 g/mol. The van der Waals surface area contributed by atoms with Gasteiger partial charge in [0.15, 0.2) is 6.29 Å². The maximum absolute atomic E-state index is 13.4. The van der Waals surface area contributed by atoms with Crippen LogP contribution in [0.5, 0.6) is 0 Å². The molecular formula is C31H37FN2O4. The lowest BCUT2D eigenvalue weighted by molar-refractivity contribution is -0.127. The number of aliphatic hydroxyl groups is 2. The van der Waals surface area contributed by atoms with Crippen molar-refractivity contribution in [3.05, 3.63) is 95.8 Å². The van der Waals surface area contributed by atoms with Gasteiger partial charge in [0.1, 0.15) is 11.9 Å². The van der Waals surface area contributed by atoms with E-state index < -0.39 is 35.6 Å². The molecule has 0 spiro atoms. The maximum Gasteiger partial charge on any atom is 0.251 e. The minimum atomic E-state index is -1.61. The van der Waals surface area contributed by atoms with Gasteiger partial charge >= 0.3 is 0 Å². The summed E-state index contributed by atoms with van der Waals surface area (Å²) in [7, 11) is 0. The van der Waals surface area contributed by atoms with Gasteiger partial charge in [0.25, 0.3) is 5.91 Å². The zero-order valence-corrected chi connectivity index (χ0v) is 22.2. The van der Waals surface area contributed by atoms with Crippen molar-refractivity contribution in [1.29, 1.82) is 0 Å². The Balaban J connectivity index is 1.76. The first-order chi connectivity index (χ1) is 18.1. The van der Waals surface area contributed by atoms with Gasteiger partial charge in [-0.3, -0.25) is 9.59 Å². The molecule has 0 aliphatic carbocycles. The van der Waals surface area contributed by atoms with E-state index in [2.05, 4.69) is 10.6 Å². The quantitative estimate of drug-likeness (QED) is 0.257. The molecule has 0 aliphatic rings. The molecule has 0 fully saturated rings. The van der Waals surface area contributed by atoms with Crippen molar-refractivity contribution in [3.8, 4) is 11.1 Å². The summed E-state index contributed by atoms with van der Waals surface area (Å²) in [6, 6.07) is 22.0. The lowest BCUT2D eigenvalue weighted by Crippen LogP contribution is -2.55. The van der Waals surface area contributed by atoms with Crippen LogP contribution in [-0.4, -0.2) is 39.9 Å². The van der Waals surface area contributed by atoms with E-state index in [9.17, 15) is 24.2 Å². The van der Waals surface area contributed by atoms with Crippen molar-refractivity contribution in [2.75, 3.05) is 0 Å². The lowest BCUT2D eigenvalue weighted by Gasteiger charge is -2.31. The summed E-state index contributed by atoms with van der Waals surface area (Å²) in [6.07, 6.45) is 0.0860. The standard InChI is InChI=1S/C31H37FN2O4/c1-4-8-25(30(37)38)19-27(29(36)34-31(2,3)20-21-11-17-26(32)18-12-21)33-28(35)24-15-13-23(14-16-24)22-9-6-5-7-10-22/h5-7,9-18,25,27,30,37-38H,4,8,19-20H2,1-3H3,(H,33,35)(H,34,36)/t25-,27-/m0/s1. The van der Waals surface area contributed by atoms with Gasteiger partial charge in [0.05, 0.1) is 0 Å². The Morgan fingerprint density at radius 2 is 1.50 bits per heavy atom. The van der Waals surface area contributed by atoms with Gasteiger partial charge in [-0.1, -0.05) is 67.9 Å². The fourth-order valence-corrected chi connectivity index (χ4v) is 4.56. The molecule has 0 aromatic heterocycles. The second kappa shape index (κ2) is 13.3. The van der Waals surface area contributed by atoms with Crippen LogP contribution in [0, 0.1) is 11.7 Å². The third kappa shape index (κ3) is 8.50. The topological polar surface area (TPSA) is 98.7 Å². The van der Waals surface area contributed by atoms with Crippen LogP contribution in [0.2, 0.25) is 0 Å². The van der Waals surface area contributed by atoms with Gasteiger partial charge < -0.3 is 20.8 Å². The normalized spacial score (nSPS) is 13.1. The number of hydrogen-bond acceptors (Lipinski definition) is 4. The largest absolute Gasteiger partial charge is 0.368 e. The Morgan fingerprint density at radius 1 is 0.895 bits per heavy atom. The van der Waals surface area contributed by atoms with Gasteiger partial charge in [-0.05, 0) is 74.1 Å². The third-order valence-electron chi connectivity index (χ3n) is 6.52. The molecule has 0 radical (unpaired) electrons. The van der Waals surface area contributed by atoms with Gasteiger partial charge in [-0.25, -0.2) is 4.39 Å². The molecule has 2 amide bonds. The second-order valence-corrected chi connectivity index (χ2v) is 10.3. The van der Waals surface area contributed by atoms with E-state index in [0.717, 1.165) is 16.7 Å². The number of halogens is 1. The van der Waals surface area contributed by atoms with Gasteiger partial charge in [-0.15, -0.1) is 0 Å². The number of hydrogen-bond donors (Lipinski definition) is 4. The van der Waals surface area contributed by atoms with Crippen molar-refractivity contribution in [3.63, 3.8) is 0 Å². The molecule has 3 aromatic carbocycles. The Morgan fingerprint density at radius 3 is 2.08 bits per heavy atom. The molecule has 0 heterocycles. The summed E-state index contributed by atoms with van der Waals surface area (Å²) in [6.45, 7) is 5.61. The van der Waals surface area contributed by atoms with Crippen LogP contribution in [0.25, 0.3) is 11.1 Å². The lowest BCUT2D eigenvalue weighted by atomic mass is 9.91. The van der Waals surface area contributed by atoms with Crippen molar-refractivity contribution in [2.24, 2.45) is 5.92 Å². The molecule has 3 aromatic rings. The highest BCUT2D eigenvalue weighted by Gasteiger charge is 2.31. The van der Waals surface area contributed by atoms with Crippen LogP contribution in [0.3, 0.4) is 0 Å². The number of aliphatic hydroxyl groups excluding tert-OH is 1. The summed E-state index contributed by atoms with van der Waals surface area (Å²) in [5, 5.41) is 25.6. The highest BCUT2D eigenvalue weighted by atomic mass is 19.1. The summed E-state index contributed by atoms with van der Waals surface area (Å²) < 4.78 is 13.3. The summed E-state index contributed by atoms with van der Waals surface area (Å²) in [4.78, 5) is 26.6. The van der Waals surface area contributed by atoms with E-state index in [-0.39, 0.29) is 12.2 Å². The third-order valence-corrected chi connectivity index (χ3v) is 6.52. The van der Waals surface area contributed by atoms with Gasteiger partial charge in [-0.2, -0.15) is 0 Å². The molecular weight excluding hydrogens is 483 g/mol. The number of benzene rings is 3. The first-order valence-electron chi connectivity index (χ1n) is 13.0. The highest BCUT2D eigenvalue weighted by Crippen LogP contribution is 2.21. The molecule has 0 bridgehead atoms. The molecule has 2 atom stereocenters. The van der Waals surface area contributed by atoms with Crippen molar-refractivity contribution < 1.29 is 24.2 Å². The zero-order valence-electron chi connectivity index (χ0n) is 22.2. The van der Waals surface area contributed by atoms with E-state index in [1.165, 1.54) is 12.1 Å². The average Bonchev–Trinajstić information content (AvgIpc) is 2.89. The van der Waals surface area contributed by atoms with E-state index in [4.69, 9.17) is 0 Å². The van der Waals surface area contributed by atoms with Crippen molar-refractivity contribution in [1.82, 2.24) is 10.6 Å². The minimum absolute atomic E-state index is 0.0673. The summed E-state index contributed by atoms with van der Waals surface area (Å²) in [5.74, 6) is -1.77. The van der Waals surface area contributed by atoms with Crippen molar-refractivity contribution in [2.45, 2.75) is 64.3 Å². The van der Waals surface area contributed by atoms with Crippen LogP contribution in [0.1, 0.15) is 56.0 Å². The van der Waals surface area contributed by atoms with Crippen molar-refractivity contribution >= 4 is 11.8 Å². The number of carbonyl (C=O) groups excluding carboxylic acids is 2. The molecule has 38 heavy (non-hydrogen) atoms. The number of nitrogens with one attached hydrogen (secondary N) is 2. The number of amides is 2. The van der Waals surface area contributed by atoms with E-state index in [1.54, 1.807) is 24.3 Å². The Bertz CT molecular complexity index is 1180. The molecule has 0 aliphatic heterocycles.